The third-order valence-corrected chi connectivity index (χ3v) is 4.17. The topological polar surface area (TPSA) is 88.8 Å². The van der Waals surface area contributed by atoms with Crippen molar-refractivity contribution >= 4 is 33.5 Å². The summed E-state index contributed by atoms with van der Waals surface area (Å²) in [5.74, 6) is -0.0380. The molecule has 2 heterocycles. The quantitative estimate of drug-likeness (QED) is 0.766. The molecule has 0 saturated carbocycles. The van der Waals surface area contributed by atoms with E-state index < -0.39 is 10.0 Å². The number of pyridine rings is 1. The molecule has 0 unspecified atom stereocenters. The predicted molar refractivity (Wildman–Crippen MR) is 90.5 cm³/mol. The number of fused-ring (bicyclic) bond motifs is 1. The van der Waals surface area contributed by atoms with Crippen LogP contribution < -0.4 is 5.14 Å². The van der Waals surface area contributed by atoms with Gasteiger partial charge in [0, 0.05) is 17.8 Å². The third-order valence-electron chi connectivity index (χ3n) is 3.40. The molecule has 3 N–H and O–H groups in total. The number of benzene rings is 1. The van der Waals surface area contributed by atoms with Crippen LogP contribution in [0.2, 0.25) is 0 Å². The minimum atomic E-state index is -3.42. The number of aryl methyl sites for hydroxylation is 1. The number of nitrogens with one attached hydrogen (secondary N) is 1. The highest BCUT2D eigenvalue weighted by molar-refractivity contribution is 7.89. The zero-order valence-electron chi connectivity index (χ0n) is 11.7. The molecular formula is C15H16ClN3O2S. The van der Waals surface area contributed by atoms with E-state index in [0.29, 0.717) is 6.42 Å². The van der Waals surface area contributed by atoms with E-state index in [9.17, 15) is 8.42 Å². The van der Waals surface area contributed by atoms with Crippen LogP contribution >= 0.6 is 12.4 Å². The van der Waals surface area contributed by atoms with Gasteiger partial charge in [-0.25, -0.2) is 18.5 Å². The summed E-state index contributed by atoms with van der Waals surface area (Å²) in [6, 6.07) is 11.8. The first-order chi connectivity index (χ1) is 10.0. The fourth-order valence-electron chi connectivity index (χ4n) is 2.32. The van der Waals surface area contributed by atoms with Gasteiger partial charge >= 0.3 is 0 Å². The highest BCUT2D eigenvalue weighted by Crippen LogP contribution is 2.27. The Balaban J connectivity index is 0.00000176. The summed E-state index contributed by atoms with van der Waals surface area (Å²) in [6.07, 6.45) is 4.06. The molecule has 0 bridgehead atoms. The number of rotatable bonds is 4. The largest absolute Gasteiger partial charge is 0.346 e. The number of nitrogens with two attached hydrogens (primary N) is 1. The van der Waals surface area contributed by atoms with Crippen LogP contribution in [0.5, 0.6) is 0 Å². The summed E-state index contributed by atoms with van der Waals surface area (Å²) in [5, 5.41) is 6.08. The molecule has 0 spiro atoms. The van der Waals surface area contributed by atoms with Gasteiger partial charge in [0.2, 0.25) is 10.0 Å². The van der Waals surface area contributed by atoms with E-state index in [0.717, 1.165) is 27.7 Å². The average Bonchev–Trinajstić information content (AvgIpc) is 2.93. The molecule has 3 aromatic rings. The molecule has 0 amide bonds. The van der Waals surface area contributed by atoms with Gasteiger partial charge < -0.3 is 4.98 Å². The second-order valence-electron chi connectivity index (χ2n) is 4.91. The van der Waals surface area contributed by atoms with Crippen LogP contribution in [0, 0.1) is 0 Å². The summed E-state index contributed by atoms with van der Waals surface area (Å²) in [6.45, 7) is 0. The van der Waals surface area contributed by atoms with Crippen molar-refractivity contribution in [3.05, 3.63) is 54.4 Å². The summed E-state index contributed by atoms with van der Waals surface area (Å²) in [5.41, 5.74) is 3.97. The lowest BCUT2D eigenvalue weighted by Crippen LogP contribution is -2.17. The molecular weight excluding hydrogens is 322 g/mol. The fourth-order valence-corrected chi connectivity index (χ4v) is 2.84. The molecule has 22 heavy (non-hydrogen) atoms. The zero-order valence-corrected chi connectivity index (χ0v) is 13.3. The number of H-pyrrole nitrogens is 1. The van der Waals surface area contributed by atoms with Crippen LogP contribution in [0.15, 0.2) is 48.8 Å². The number of aromatic amines is 1. The molecule has 116 valence electrons. The molecule has 1 aromatic carbocycles. The van der Waals surface area contributed by atoms with E-state index in [1.165, 1.54) is 0 Å². The van der Waals surface area contributed by atoms with E-state index >= 15 is 0 Å². The summed E-state index contributed by atoms with van der Waals surface area (Å²) >= 11 is 0. The Morgan fingerprint density at radius 1 is 1.09 bits per heavy atom. The Morgan fingerprint density at radius 2 is 1.82 bits per heavy atom. The Morgan fingerprint density at radius 3 is 2.50 bits per heavy atom. The van der Waals surface area contributed by atoms with Crippen molar-refractivity contribution in [2.24, 2.45) is 5.14 Å². The predicted octanol–water partition coefficient (Wildman–Crippen LogP) is 2.48. The minimum absolute atomic E-state index is 0. The van der Waals surface area contributed by atoms with Crippen molar-refractivity contribution in [3.63, 3.8) is 0 Å². The van der Waals surface area contributed by atoms with Crippen LogP contribution in [0.1, 0.15) is 5.56 Å². The third kappa shape index (κ3) is 3.65. The van der Waals surface area contributed by atoms with Crippen LogP contribution in [0.25, 0.3) is 22.2 Å². The summed E-state index contributed by atoms with van der Waals surface area (Å²) in [4.78, 5) is 7.35. The number of hydrogen-bond acceptors (Lipinski definition) is 3. The van der Waals surface area contributed by atoms with Gasteiger partial charge in [-0.05, 0) is 35.2 Å². The zero-order chi connectivity index (χ0) is 14.9. The first kappa shape index (κ1) is 16.5. The number of sulfonamides is 1. The maximum absolute atomic E-state index is 11.0. The van der Waals surface area contributed by atoms with Gasteiger partial charge in [-0.1, -0.05) is 24.3 Å². The number of primary sulfonamides is 1. The second kappa shape index (κ2) is 6.48. The van der Waals surface area contributed by atoms with Gasteiger partial charge in [-0.3, -0.25) is 0 Å². The SMILES string of the molecule is Cl.NS(=O)(=O)CCc1ccc(-c2ccnc3[nH]ccc23)cc1. The maximum atomic E-state index is 11.0. The highest BCUT2D eigenvalue weighted by atomic mass is 35.5. The smallest absolute Gasteiger partial charge is 0.209 e. The van der Waals surface area contributed by atoms with Crippen LogP contribution in [-0.4, -0.2) is 24.1 Å². The molecule has 0 fully saturated rings. The standard InChI is InChI=1S/C15H15N3O2S.ClH/c16-21(19,20)10-7-11-1-3-12(4-2-11)13-5-8-17-15-14(13)6-9-18-15;/h1-6,8-9H,7,10H2,(H,17,18)(H2,16,19,20);1H. The molecule has 7 heteroatoms. The lowest BCUT2D eigenvalue weighted by atomic mass is 10.0. The van der Waals surface area contributed by atoms with Crippen LogP contribution in [-0.2, 0) is 16.4 Å². The molecule has 0 aliphatic heterocycles. The van der Waals surface area contributed by atoms with E-state index in [-0.39, 0.29) is 18.2 Å². The van der Waals surface area contributed by atoms with Crippen LogP contribution in [0.4, 0.5) is 0 Å². The van der Waals surface area contributed by atoms with E-state index in [4.69, 9.17) is 5.14 Å². The Kier molecular flexibility index (Phi) is 4.85. The molecule has 0 aliphatic carbocycles. The lowest BCUT2D eigenvalue weighted by molar-refractivity contribution is 0.597. The van der Waals surface area contributed by atoms with Gasteiger partial charge in [-0.2, -0.15) is 0 Å². The Labute approximate surface area is 135 Å². The first-order valence-corrected chi connectivity index (χ1v) is 8.26. The number of hydrogen-bond donors (Lipinski definition) is 2. The van der Waals surface area contributed by atoms with Crippen molar-refractivity contribution in [1.82, 2.24) is 9.97 Å². The Bertz CT molecular complexity index is 873. The molecule has 0 saturated heterocycles. The van der Waals surface area contributed by atoms with Gasteiger partial charge in [0.15, 0.2) is 0 Å². The summed E-state index contributed by atoms with van der Waals surface area (Å²) in [7, 11) is -3.42. The lowest BCUT2D eigenvalue weighted by Gasteiger charge is -2.05. The number of nitrogens with zero attached hydrogens (tertiary/aromatic N) is 1. The molecule has 0 radical (unpaired) electrons. The van der Waals surface area contributed by atoms with Gasteiger partial charge in [0.25, 0.3) is 0 Å². The average molecular weight is 338 g/mol. The number of aromatic nitrogens is 2. The van der Waals surface area contributed by atoms with Crippen molar-refractivity contribution in [2.45, 2.75) is 6.42 Å². The first-order valence-electron chi connectivity index (χ1n) is 6.55. The highest BCUT2D eigenvalue weighted by Gasteiger charge is 2.07. The summed E-state index contributed by atoms with van der Waals surface area (Å²) < 4.78 is 22.0. The fraction of sp³-hybridized carbons (Fsp3) is 0.133. The molecule has 3 rings (SSSR count). The van der Waals surface area contributed by atoms with Gasteiger partial charge in [0.05, 0.1) is 5.75 Å². The molecule has 0 atom stereocenters. The normalized spacial score (nSPS) is 11.3. The molecule has 0 aliphatic rings. The van der Waals surface area contributed by atoms with Crippen molar-refractivity contribution in [2.75, 3.05) is 5.75 Å². The second-order valence-corrected chi connectivity index (χ2v) is 6.65. The van der Waals surface area contributed by atoms with Gasteiger partial charge in [0.1, 0.15) is 5.65 Å². The maximum Gasteiger partial charge on any atom is 0.209 e. The number of halogens is 1. The molecule has 2 aromatic heterocycles. The van der Waals surface area contributed by atoms with Crippen molar-refractivity contribution in [1.29, 1.82) is 0 Å². The van der Waals surface area contributed by atoms with E-state index in [1.807, 2.05) is 42.6 Å². The van der Waals surface area contributed by atoms with E-state index in [1.54, 1.807) is 6.20 Å². The van der Waals surface area contributed by atoms with Gasteiger partial charge in [-0.15, -0.1) is 12.4 Å². The molecule has 5 nitrogen and oxygen atoms in total. The monoisotopic (exact) mass is 337 g/mol. The Hall–Kier alpha value is -1.89. The van der Waals surface area contributed by atoms with E-state index in [2.05, 4.69) is 9.97 Å². The van der Waals surface area contributed by atoms with Crippen molar-refractivity contribution < 1.29 is 8.42 Å². The van der Waals surface area contributed by atoms with Crippen LogP contribution in [0.3, 0.4) is 0 Å². The minimum Gasteiger partial charge on any atom is -0.346 e. The van der Waals surface area contributed by atoms with Crippen molar-refractivity contribution in [3.8, 4) is 11.1 Å².